The summed E-state index contributed by atoms with van der Waals surface area (Å²) in [7, 11) is 4.14. The topological polar surface area (TPSA) is 36.4 Å². The Morgan fingerprint density at radius 3 is 2.71 bits per heavy atom. The van der Waals surface area contributed by atoms with E-state index >= 15 is 0 Å². The summed E-state index contributed by atoms with van der Waals surface area (Å²) in [6, 6.07) is 8.79. The normalized spacial score (nSPS) is 17.5. The molecule has 1 saturated heterocycles. The Morgan fingerprint density at radius 2 is 2.00 bits per heavy atom. The van der Waals surface area contributed by atoms with Crippen molar-refractivity contribution < 1.29 is 4.79 Å². The van der Waals surface area contributed by atoms with Crippen molar-refractivity contribution in [3.8, 4) is 11.1 Å². The summed E-state index contributed by atoms with van der Waals surface area (Å²) >= 11 is 0. The van der Waals surface area contributed by atoms with Crippen molar-refractivity contribution in [3.63, 3.8) is 0 Å². The zero-order valence-corrected chi connectivity index (χ0v) is 14.9. The van der Waals surface area contributed by atoms with E-state index in [4.69, 9.17) is 0 Å². The predicted molar refractivity (Wildman–Crippen MR) is 97.1 cm³/mol. The minimum atomic E-state index is 0.0824. The number of likely N-dealkylation sites (tertiary alicyclic amines) is 1. The molecule has 2 heterocycles. The Labute approximate surface area is 144 Å². The van der Waals surface area contributed by atoms with Gasteiger partial charge in [0.15, 0.2) is 0 Å². The van der Waals surface area contributed by atoms with Gasteiger partial charge in [0.25, 0.3) is 5.91 Å². The highest BCUT2D eigenvalue weighted by atomic mass is 16.2. The molecule has 0 radical (unpaired) electrons. The SMILES string of the molecule is Cc1ccc(C)c(-c2cncc(C(=O)N3CC[C@H](N(C)C)C3)c2)c1. The van der Waals surface area contributed by atoms with Gasteiger partial charge in [0.2, 0.25) is 0 Å². The number of amides is 1. The number of hydrogen-bond donors (Lipinski definition) is 0. The highest BCUT2D eigenvalue weighted by molar-refractivity contribution is 5.95. The summed E-state index contributed by atoms with van der Waals surface area (Å²) in [5.41, 5.74) is 5.23. The molecule has 24 heavy (non-hydrogen) atoms. The molecule has 4 heteroatoms. The molecule has 0 N–H and O–H groups in total. The van der Waals surface area contributed by atoms with Gasteiger partial charge in [-0.3, -0.25) is 9.78 Å². The molecule has 1 amide bonds. The monoisotopic (exact) mass is 323 g/mol. The van der Waals surface area contributed by atoms with Gasteiger partial charge in [-0.25, -0.2) is 0 Å². The van der Waals surface area contributed by atoms with Gasteiger partial charge in [-0.15, -0.1) is 0 Å². The summed E-state index contributed by atoms with van der Waals surface area (Å²) in [4.78, 5) is 21.3. The Bertz CT molecular complexity index is 754. The maximum absolute atomic E-state index is 12.8. The zero-order chi connectivity index (χ0) is 17.3. The fraction of sp³-hybridized carbons (Fsp3) is 0.400. The molecule has 1 atom stereocenters. The third-order valence-corrected chi connectivity index (χ3v) is 4.87. The molecule has 0 spiro atoms. The average molecular weight is 323 g/mol. The van der Waals surface area contributed by atoms with Crippen molar-refractivity contribution in [1.29, 1.82) is 0 Å². The predicted octanol–water partition coefficient (Wildman–Crippen LogP) is 3.14. The van der Waals surface area contributed by atoms with Crippen molar-refractivity contribution >= 4 is 5.91 Å². The zero-order valence-electron chi connectivity index (χ0n) is 14.9. The van der Waals surface area contributed by atoms with Gasteiger partial charge < -0.3 is 9.80 Å². The largest absolute Gasteiger partial charge is 0.337 e. The molecular formula is C20H25N3O. The van der Waals surface area contributed by atoms with Crippen LogP contribution >= 0.6 is 0 Å². The molecule has 0 aliphatic carbocycles. The third-order valence-electron chi connectivity index (χ3n) is 4.87. The number of rotatable bonds is 3. The molecule has 0 bridgehead atoms. The van der Waals surface area contributed by atoms with Crippen LogP contribution in [0.5, 0.6) is 0 Å². The Kier molecular flexibility index (Phi) is 4.67. The van der Waals surface area contributed by atoms with Crippen LogP contribution in [0.15, 0.2) is 36.7 Å². The fourth-order valence-electron chi connectivity index (χ4n) is 3.28. The lowest BCUT2D eigenvalue weighted by Gasteiger charge is -2.20. The maximum Gasteiger partial charge on any atom is 0.255 e. The molecule has 126 valence electrons. The van der Waals surface area contributed by atoms with Gasteiger partial charge in [-0.2, -0.15) is 0 Å². The van der Waals surface area contributed by atoms with Gasteiger partial charge in [0, 0.05) is 37.1 Å². The highest BCUT2D eigenvalue weighted by Gasteiger charge is 2.28. The van der Waals surface area contributed by atoms with Crippen molar-refractivity contribution in [1.82, 2.24) is 14.8 Å². The van der Waals surface area contributed by atoms with Crippen LogP contribution < -0.4 is 0 Å². The second kappa shape index (κ2) is 6.73. The highest BCUT2D eigenvalue weighted by Crippen LogP contribution is 2.25. The van der Waals surface area contributed by atoms with Gasteiger partial charge >= 0.3 is 0 Å². The minimum Gasteiger partial charge on any atom is -0.337 e. The minimum absolute atomic E-state index is 0.0824. The van der Waals surface area contributed by atoms with Gasteiger partial charge in [-0.05, 0) is 51.6 Å². The number of aryl methyl sites for hydroxylation is 2. The quantitative estimate of drug-likeness (QED) is 0.871. The Balaban J connectivity index is 1.86. The van der Waals surface area contributed by atoms with Crippen LogP contribution in [0.25, 0.3) is 11.1 Å². The van der Waals surface area contributed by atoms with Crippen LogP contribution in [0.1, 0.15) is 27.9 Å². The Morgan fingerprint density at radius 1 is 1.21 bits per heavy atom. The second-order valence-electron chi connectivity index (χ2n) is 6.94. The smallest absolute Gasteiger partial charge is 0.255 e. The molecule has 1 aromatic carbocycles. The molecule has 0 unspecified atom stereocenters. The number of likely N-dealkylation sites (N-methyl/N-ethyl adjacent to an activating group) is 1. The molecule has 2 aromatic rings. The van der Waals surface area contributed by atoms with E-state index in [2.05, 4.69) is 56.0 Å². The van der Waals surface area contributed by atoms with Crippen LogP contribution in [0.3, 0.4) is 0 Å². The molecule has 4 nitrogen and oxygen atoms in total. The van der Waals surface area contributed by atoms with Crippen molar-refractivity contribution in [2.45, 2.75) is 26.3 Å². The van der Waals surface area contributed by atoms with Gasteiger partial charge in [0.1, 0.15) is 0 Å². The first kappa shape index (κ1) is 16.7. The van der Waals surface area contributed by atoms with Crippen LogP contribution in [-0.2, 0) is 0 Å². The molecule has 0 saturated carbocycles. The van der Waals surface area contributed by atoms with Crippen molar-refractivity contribution in [2.24, 2.45) is 0 Å². The van der Waals surface area contributed by atoms with Crippen molar-refractivity contribution in [3.05, 3.63) is 53.3 Å². The van der Waals surface area contributed by atoms with E-state index in [0.29, 0.717) is 11.6 Å². The summed E-state index contributed by atoms with van der Waals surface area (Å²) in [5.74, 6) is 0.0824. The van der Waals surface area contributed by atoms with E-state index in [9.17, 15) is 4.79 Å². The number of benzene rings is 1. The van der Waals surface area contributed by atoms with Crippen LogP contribution in [-0.4, -0.2) is 53.9 Å². The van der Waals surface area contributed by atoms with Crippen LogP contribution in [0.4, 0.5) is 0 Å². The second-order valence-corrected chi connectivity index (χ2v) is 6.94. The number of pyridine rings is 1. The third kappa shape index (κ3) is 3.34. The van der Waals surface area contributed by atoms with Crippen LogP contribution in [0, 0.1) is 13.8 Å². The molecule has 1 aliphatic rings. The maximum atomic E-state index is 12.8. The summed E-state index contributed by atoms with van der Waals surface area (Å²) in [5, 5.41) is 0. The molecule has 1 aliphatic heterocycles. The number of carbonyl (C=O) groups is 1. The number of nitrogens with zero attached hydrogens (tertiary/aromatic N) is 3. The summed E-state index contributed by atoms with van der Waals surface area (Å²) < 4.78 is 0. The molecule has 1 aromatic heterocycles. The van der Waals surface area contributed by atoms with E-state index < -0.39 is 0 Å². The lowest BCUT2D eigenvalue weighted by atomic mass is 9.99. The standard InChI is InChI=1S/C20H25N3O/c1-14-5-6-15(2)19(9-14)16-10-17(12-21-11-16)20(24)23-8-7-18(13-23)22(3)4/h5-6,9-12,18H,7-8,13H2,1-4H3/t18-/m0/s1. The number of aromatic nitrogens is 1. The van der Waals surface area contributed by atoms with E-state index in [1.54, 1.807) is 6.20 Å². The van der Waals surface area contributed by atoms with E-state index in [-0.39, 0.29) is 5.91 Å². The van der Waals surface area contributed by atoms with E-state index in [0.717, 1.165) is 30.6 Å². The first-order chi connectivity index (χ1) is 11.5. The molecular weight excluding hydrogens is 298 g/mol. The lowest BCUT2D eigenvalue weighted by molar-refractivity contribution is 0.0782. The molecule has 1 fully saturated rings. The fourth-order valence-corrected chi connectivity index (χ4v) is 3.28. The Hall–Kier alpha value is -2.20. The van der Waals surface area contributed by atoms with Gasteiger partial charge in [0.05, 0.1) is 5.56 Å². The van der Waals surface area contributed by atoms with Crippen molar-refractivity contribution in [2.75, 3.05) is 27.2 Å². The average Bonchev–Trinajstić information content (AvgIpc) is 3.07. The van der Waals surface area contributed by atoms with Crippen LogP contribution in [0.2, 0.25) is 0 Å². The first-order valence-corrected chi connectivity index (χ1v) is 8.44. The number of hydrogen-bond acceptors (Lipinski definition) is 3. The van der Waals surface area contributed by atoms with Gasteiger partial charge in [-0.1, -0.05) is 23.8 Å². The number of carbonyl (C=O) groups excluding carboxylic acids is 1. The van der Waals surface area contributed by atoms with E-state index in [1.165, 1.54) is 11.1 Å². The first-order valence-electron chi connectivity index (χ1n) is 8.44. The van der Waals surface area contributed by atoms with E-state index in [1.807, 2.05) is 17.2 Å². The summed E-state index contributed by atoms with van der Waals surface area (Å²) in [6.07, 6.45) is 4.55. The molecule has 3 rings (SSSR count). The lowest BCUT2D eigenvalue weighted by Crippen LogP contribution is -2.34. The summed E-state index contributed by atoms with van der Waals surface area (Å²) in [6.45, 7) is 5.78.